The van der Waals surface area contributed by atoms with Crippen molar-refractivity contribution in [1.29, 1.82) is 5.26 Å². The summed E-state index contributed by atoms with van der Waals surface area (Å²) in [5, 5.41) is 9.17. The molecular formula is C32H39F5N6O2. The van der Waals surface area contributed by atoms with Gasteiger partial charge in [0, 0.05) is 55.3 Å². The van der Waals surface area contributed by atoms with Crippen LogP contribution < -0.4 is 15.4 Å². The number of alkyl halides is 3. The Hall–Kier alpha value is -3.50. The summed E-state index contributed by atoms with van der Waals surface area (Å²) in [6.45, 7) is 6.56. The maximum atomic E-state index is 13.9. The molecule has 0 radical (unpaired) electrons. The molecule has 5 heterocycles. The van der Waals surface area contributed by atoms with Crippen LogP contribution in [0.5, 0.6) is 6.01 Å². The van der Waals surface area contributed by atoms with Crippen molar-refractivity contribution in [3.8, 4) is 12.1 Å². The average Bonchev–Trinajstić information content (AvgIpc) is 3.58. The van der Waals surface area contributed by atoms with Crippen molar-refractivity contribution in [3.05, 3.63) is 51.7 Å². The monoisotopic (exact) mass is 634 g/mol. The van der Waals surface area contributed by atoms with Gasteiger partial charge >= 0.3 is 12.2 Å². The molecule has 0 saturated carbocycles. The maximum absolute atomic E-state index is 13.9. The van der Waals surface area contributed by atoms with Gasteiger partial charge in [0.15, 0.2) is 0 Å². The van der Waals surface area contributed by atoms with Crippen molar-refractivity contribution in [2.24, 2.45) is 11.8 Å². The van der Waals surface area contributed by atoms with Crippen molar-refractivity contribution < 1.29 is 31.4 Å². The topological polar surface area (TPSA) is 101 Å². The van der Waals surface area contributed by atoms with Crippen molar-refractivity contribution in [2.75, 3.05) is 43.9 Å². The summed E-state index contributed by atoms with van der Waals surface area (Å²) in [7, 11) is 1.46. The highest BCUT2D eigenvalue weighted by atomic mass is 19.4. The lowest BCUT2D eigenvalue weighted by Gasteiger charge is -2.38. The lowest BCUT2D eigenvalue weighted by molar-refractivity contribution is -0.140. The first-order valence-corrected chi connectivity index (χ1v) is 15.3. The Kier molecular flexibility index (Phi) is 9.84. The summed E-state index contributed by atoms with van der Waals surface area (Å²) in [4.78, 5) is 13.3. The summed E-state index contributed by atoms with van der Waals surface area (Å²) < 4.78 is 77.2. The van der Waals surface area contributed by atoms with Crippen LogP contribution in [0.3, 0.4) is 0 Å². The first-order valence-electron chi connectivity index (χ1n) is 15.3. The number of hydrogen-bond donors (Lipinski definition) is 1. The van der Waals surface area contributed by atoms with Crippen LogP contribution in [-0.4, -0.2) is 54.2 Å². The van der Waals surface area contributed by atoms with Crippen LogP contribution >= 0.6 is 0 Å². The normalized spacial score (nSPS) is 24.8. The van der Waals surface area contributed by atoms with Gasteiger partial charge in [-0.25, -0.2) is 0 Å². The number of nitriles is 1. The van der Waals surface area contributed by atoms with Crippen LogP contribution in [0, 0.1) is 30.1 Å². The Bertz CT molecular complexity index is 1460. The van der Waals surface area contributed by atoms with Crippen LogP contribution in [-0.2, 0) is 23.9 Å². The lowest BCUT2D eigenvalue weighted by atomic mass is 9.88. The summed E-state index contributed by atoms with van der Waals surface area (Å²) in [5.41, 5.74) is 7.21. The van der Waals surface area contributed by atoms with E-state index in [1.807, 2.05) is 0 Å². The van der Waals surface area contributed by atoms with Gasteiger partial charge in [0.1, 0.15) is 5.82 Å². The minimum absolute atomic E-state index is 0.00968. The van der Waals surface area contributed by atoms with Crippen molar-refractivity contribution >= 4 is 11.5 Å². The average molecular weight is 635 g/mol. The summed E-state index contributed by atoms with van der Waals surface area (Å²) >= 11 is 0. The number of anilines is 2. The fraction of sp³-hybridized carbons (Fsp3) is 0.594. The second-order valence-electron chi connectivity index (χ2n) is 12.6. The number of aryl methyl sites for hydroxylation is 1. The van der Waals surface area contributed by atoms with E-state index in [-0.39, 0.29) is 41.8 Å². The molecule has 0 spiro atoms. The predicted octanol–water partition coefficient (Wildman–Crippen LogP) is 6.59. The van der Waals surface area contributed by atoms with Crippen LogP contribution in [0.25, 0.3) is 0 Å². The largest absolute Gasteiger partial charge is 0.467 e. The molecule has 0 aliphatic carbocycles. The van der Waals surface area contributed by atoms with Gasteiger partial charge in [-0.3, -0.25) is 4.90 Å². The molecule has 6 rings (SSSR count). The quantitative estimate of drug-likeness (QED) is 0.297. The standard InChI is InChI=1S/C24H28F3N5O2.C8H11F2N/c1-13-6-15(4-5-28)11-32(10-13)22-18-12-34-20(9-19(18)30-23(31-22)33-3)17-8-16(29)7-14(2)21(17)24(25,26)27;9-8(10)6-4-7-2-1-3-11(7)5-6/h7-8,13,15,20H,4,6,9-12,29H2,1-3H3;7H,1-5H2. The second-order valence-corrected chi connectivity index (χ2v) is 12.6. The van der Waals surface area contributed by atoms with E-state index in [4.69, 9.17) is 20.5 Å². The molecule has 4 unspecified atom stereocenters. The van der Waals surface area contributed by atoms with Gasteiger partial charge in [-0.2, -0.15) is 37.2 Å². The number of rotatable bonds is 4. The highest BCUT2D eigenvalue weighted by molar-refractivity contribution is 5.54. The molecule has 1 aromatic carbocycles. The lowest BCUT2D eigenvalue weighted by Crippen LogP contribution is -2.41. The Morgan fingerprint density at radius 1 is 1.20 bits per heavy atom. The molecule has 4 aliphatic rings. The van der Waals surface area contributed by atoms with Crippen LogP contribution in [0.2, 0.25) is 0 Å². The second kappa shape index (κ2) is 13.5. The smallest absolute Gasteiger partial charge is 0.417 e. The molecule has 0 bridgehead atoms. The Labute approximate surface area is 260 Å². The van der Waals surface area contributed by atoms with E-state index in [9.17, 15) is 22.0 Å². The van der Waals surface area contributed by atoms with Crippen molar-refractivity contribution in [2.45, 2.75) is 77.3 Å². The van der Waals surface area contributed by atoms with Crippen LogP contribution in [0.1, 0.15) is 73.1 Å². The van der Waals surface area contributed by atoms with Gasteiger partial charge in [0.25, 0.3) is 6.08 Å². The third-order valence-electron chi connectivity index (χ3n) is 9.13. The first kappa shape index (κ1) is 32.9. The Morgan fingerprint density at radius 2 is 1.98 bits per heavy atom. The molecular weight excluding hydrogens is 595 g/mol. The fourth-order valence-electron chi connectivity index (χ4n) is 7.26. The SMILES string of the molecule is COc1nc2c(c(N3CC(C)CC(CC#N)C3)n1)COC(c1cc(N)cc(C)c1C(F)(F)F)C2.FC(F)=C1CC2CCCN2C1. The Balaban J connectivity index is 0.000000304. The molecule has 2 aromatic rings. The minimum Gasteiger partial charge on any atom is -0.467 e. The van der Waals surface area contributed by atoms with E-state index in [1.54, 1.807) is 0 Å². The van der Waals surface area contributed by atoms with Crippen molar-refractivity contribution in [3.63, 3.8) is 0 Å². The third kappa shape index (κ3) is 7.33. The van der Waals surface area contributed by atoms with E-state index in [2.05, 4.69) is 32.8 Å². The zero-order valence-corrected chi connectivity index (χ0v) is 25.8. The molecule has 0 amide bonds. The molecule has 4 aliphatic heterocycles. The van der Waals surface area contributed by atoms with Crippen LogP contribution in [0.4, 0.5) is 33.5 Å². The third-order valence-corrected chi connectivity index (χ3v) is 9.13. The summed E-state index contributed by atoms with van der Waals surface area (Å²) in [6, 6.07) is 5.51. The number of methoxy groups -OCH3 is 1. The summed E-state index contributed by atoms with van der Waals surface area (Å²) in [5.74, 6) is 1.24. The number of nitrogens with zero attached hydrogens (tertiary/aromatic N) is 5. The van der Waals surface area contributed by atoms with Crippen molar-refractivity contribution in [1.82, 2.24) is 14.9 Å². The first-order chi connectivity index (χ1) is 21.4. The van der Waals surface area contributed by atoms with E-state index >= 15 is 0 Å². The zero-order chi connectivity index (χ0) is 32.5. The number of ether oxygens (including phenoxy) is 2. The van der Waals surface area contributed by atoms with Crippen LogP contribution in [0.15, 0.2) is 23.8 Å². The predicted molar refractivity (Wildman–Crippen MR) is 159 cm³/mol. The van der Waals surface area contributed by atoms with E-state index in [0.29, 0.717) is 55.0 Å². The molecule has 3 fully saturated rings. The number of benzene rings is 1. The van der Waals surface area contributed by atoms with E-state index in [0.717, 1.165) is 31.5 Å². The fourth-order valence-corrected chi connectivity index (χ4v) is 7.26. The van der Waals surface area contributed by atoms with Gasteiger partial charge < -0.3 is 20.1 Å². The highest BCUT2D eigenvalue weighted by Gasteiger charge is 2.40. The molecule has 4 atom stereocenters. The van der Waals surface area contributed by atoms with Gasteiger partial charge in [-0.05, 0) is 74.2 Å². The number of hydrogen-bond acceptors (Lipinski definition) is 8. The molecule has 3 saturated heterocycles. The number of halogens is 5. The number of aromatic nitrogens is 2. The molecule has 8 nitrogen and oxygen atoms in total. The molecule has 45 heavy (non-hydrogen) atoms. The minimum atomic E-state index is -4.54. The van der Waals surface area contributed by atoms with Gasteiger partial charge in [-0.1, -0.05) is 6.92 Å². The number of nitrogens with two attached hydrogens (primary N) is 1. The highest BCUT2D eigenvalue weighted by Crippen LogP contribution is 2.43. The number of fused-ring (bicyclic) bond motifs is 2. The molecule has 1 aromatic heterocycles. The molecule has 2 N–H and O–H groups in total. The van der Waals surface area contributed by atoms with Gasteiger partial charge in [0.2, 0.25) is 0 Å². The zero-order valence-electron chi connectivity index (χ0n) is 25.8. The Morgan fingerprint density at radius 3 is 2.64 bits per heavy atom. The molecule has 244 valence electrons. The molecule has 13 heteroatoms. The summed E-state index contributed by atoms with van der Waals surface area (Å²) in [6.07, 6.45) is -2.38. The van der Waals surface area contributed by atoms with E-state index < -0.39 is 23.9 Å². The maximum Gasteiger partial charge on any atom is 0.417 e. The number of piperidine rings is 1. The number of nitrogen functional groups attached to an aromatic ring is 1. The van der Waals surface area contributed by atoms with E-state index in [1.165, 1.54) is 32.6 Å². The van der Waals surface area contributed by atoms with Gasteiger partial charge in [-0.15, -0.1) is 0 Å². The van der Waals surface area contributed by atoms with Gasteiger partial charge in [0.05, 0.1) is 37.1 Å².